The van der Waals surface area contributed by atoms with Crippen LogP contribution in [0, 0.1) is 0 Å². The molecule has 0 unspecified atom stereocenters. The molecule has 0 bridgehead atoms. The lowest BCUT2D eigenvalue weighted by Gasteiger charge is -2.36. The molecular weight excluding hydrogens is 312 g/mol. The number of nitrogens with zero attached hydrogens (tertiary/aromatic N) is 4. The minimum absolute atomic E-state index is 0.226. The van der Waals surface area contributed by atoms with Gasteiger partial charge in [-0.15, -0.1) is 0 Å². The minimum atomic E-state index is 0.226. The van der Waals surface area contributed by atoms with E-state index in [4.69, 9.17) is 0 Å². The number of pyridine rings is 1. The van der Waals surface area contributed by atoms with E-state index in [1.807, 2.05) is 29.3 Å². The van der Waals surface area contributed by atoms with Gasteiger partial charge < -0.3 is 14.7 Å². The lowest BCUT2D eigenvalue weighted by Crippen LogP contribution is -2.52. The molecule has 2 aromatic rings. The van der Waals surface area contributed by atoms with Crippen LogP contribution in [0.5, 0.6) is 0 Å². The Balaban J connectivity index is 1.37. The molecule has 0 N–H and O–H groups in total. The van der Waals surface area contributed by atoms with E-state index in [0.717, 1.165) is 38.4 Å². The van der Waals surface area contributed by atoms with E-state index in [9.17, 15) is 4.79 Å². The van der Waals surface area contributed by atoms with Gasteiger partial charge in [0.25, 0.3) is 0 Å². The molecule has 1 fully saturated rings. The van der Waals surface area contributed by atoms with Crippen molar-refractivity contribution in [1.82, 2.24) is 9.88 Å². The number of benzene rings is 1. The number of hydrogen-bond acceptors (Lipinski definition) is 4. The van der Waals surface area contributed by atoms with E-state index >= 15 is 0 Å². The van der Waals surface area contributed by atoms with E-state index < -0.39 is 0 Å². The lowest BCUT2D eigenvalue weighted by atomic mass is 10.1. The zero-order valence-electron chi connectivity index (χ0n) is 14.6. The van der Waals surface area contributed by atoms with Crippen LogP contribution < -0.4 is 9.80 Å². The maximum atomic E-state index is 12.8. The Labute approximate surface area is 148 Å². The van der Waals surface area contributed by atoms with Crippen molar-refractivity contribution in [3.8, 4) is 0 Å². The zero-order chi connectivity index (χ0) is 17.2. The summed E-state index contributed by atoms with van der Waals surface area (Å²) in [5, 5.41) is 0. The van der Waals surface area contributed by atoms with Crippen molar-refractivity contribution in [2.45, 2.75) is 19.4 Å². The predicted octanol–water partition coefficient (Wildman–Crippen LogP) is 2.18. The largest absolute Gasteiger partial charge is 0.359 e. The molecular formula is C20H24N4O. The zero-order valence-corrected chi connectivity index (χ0v) is 14.6. The molecule has 4 rings (SSSR count). The third-order valence-electron chi connectivity index (χ3n) is 5.26. The highest BCUT2D eigenvalue weighted by Gasteiger charge is 2.29. The van der Waals surface area contributed by atoms with Gasteiger partial charge in [-0.2, -0.15) is 0 Å². The molecule has 0 aliphatic carbocycles. The molecule has 5 nitrogen and oxygen atoms in total. The molecule has 2 aliphatic rings. The average molecular weight is 336 g/mol. The average Bonchev–Trinajstić information content (AvgIpc) is 2.98. The van der Waals surface area contributed by atoms with E-state index in [0.29, 0.717) is 12.6 Å². The molecule has 1 amide bonds. The summed E-state index contributed by atoms with van der Waals surface area (Å²) in [6.45, 7) is 5.89. The van der Waals surface area contributed by atoms with Crippen LogP contribution in [-0.2, 0) is 11.2 Å². The van der Waals surface area contributed by atoms with Gasteiger partial charge in [-0.1, -0.05) is 24.3 Å². The van der Waals surface area contributed by atoms with Crippen LogP contribution in [0.1, 0.15) is 12.5 Å². The van der Waals surface area contributed by atoms with Crippen molar-refractivity contribution in [2.24, 2.45) is 0 Å². The first kappa shape index (κ1) is 15.9. The summed E-state index contributed by atoms with van der Waals surface area (Å²) in [5.41, 5.74) is 2.57. The summed E-state index contributed by atoms with van der Waals surface area (Å²) in [4.78, 5) is 23.7. The van der Waals surface area contributed by atoms with Crippen molar-refractivity contribution in [2.75, 3.05) is 42.5 Å². The van der Waals surface area contributed by atoms with Gasteiger partial charge in [0, 0.05) is 44.1 Å². The SMILES string of the molecule is C[C@H]1Cc2ccccc2N1CC(=O)N1CCN(c2ccccn2)CC1. The number of anilines is 2. The van der Waals surface area contributed by atoms with E-state index in [1.54, 1.807) is 0 Å². The number of carbonyl (C=O) groups excluding carboxylic acids is 1. The van der Waals surface area contributed by atoms with Crippen molar-refractivity contribution < 1.29 is 4.79 Å². The molecule has 1 aromatic heterocycles. The lowest BCUT2D eigenvalue weighted by molar-refractivity contribution is -0.130. The molecule has 5 heteroatoms. The standard InChI is InChI=1S/C20H24N4O/c1-16-14-17-6-2-3-7-18(17)24(16)15-20(25)23-12-10-22(11-13-23)19-8-4-5-9-21-19/h2-9,16H,10-15H2,1H3/t16-/m0/s1. The number of amides is 1. The van der Waals surface area contributed by atoms with Gasteiger partial charge in [0.1, 0.15) is 5.82 Å². The van der Waals surface area contributed by atoms with Crippen molar-refractivity contribution in [1.29, 1.82) is 0 Å². The predicted molar refractivity (Wildman–Crippen MR) is 100.0 cm³/mol. The van der Waals surface area contributed by atoms with Gasteiger partial charge in [-0.25, -0.2) is 4.98 Å². The van der Waals surface area contributed by atoms with Crippen LogP contribution in [0.2, 0.25) is 0 Å². The summed E-state index contributed by atoms with van der Waals surface area (Å²) < 4.78 is 0. The number of para-hydroxylation sites is 1. The van der Waals surface area contributed by atoms with Gasteiger partial charge in [0.15, 0.2) is 0 Å². The summed E-state index contributed by atoms with van der Waals surface area (Å²) in [7, 11) is 0. The van der Waals surface area contributed by atoms with Crippen molar-refractivity contribution in [3.05, 3.63) is 54.2 Å². The van der Waals surface area contributed by atoms with Crippen LogP contribution >= 0.6 is 0 Å². The third-order valence-corrected chi connectivity index (χ3v) is 5.26. The van der Waals surface area contributed by atoms with Gasteiger partial charge in [0.05, 0.1) is 6.54 Å². The first-order valence-corrected chi connectivity index (χ1v) is 9.00. The highest BCUT2D eigenvalue weighted by atomic mass is 16.2. The Bertz CT molecular complexity index is 740. The number of carbonyl (C=O) groups is 1. The van der Waals surface area contributed by atoms with Crippen LogP contribution in [0.3, 0.4) is 0 Å². The van der Waals surface area contributed by atoms with Gasteiger partial charge in [-0.3, -0.25) is 4.79 Å². The van der Waals surface area contributed by atoms with Crippen LogP contribution in [-0.4, -0.2) is 54.6 Å². The fourth-order valence-electron chi connectivity index (χ4n) is 3.84. The molecule has 1 aromatic carbocycles. The first-order chi connectivity index (χ1) is 12.2. The Hall–Kier alpha value is -2.56. The monoisotopic (exact) mass is 336 g/mol. The first-order valence-electron chi connectivity index (χ1n) is 9.00. The molecule has 2 aliphatic heterocycles. The summed E-state index contributed by atoms with van der Waals surface area (Å²) in [6, 6.07) is 14.8. The van der Waals surface area contributed by atoms with Gasteiger partial charge in [-0.05, 0) is 37.1 Å². The maximum absolute atomic E-state index is 12.8. The Morgan fingerprint density at radius 2 is 1.84 bits per heavy atom. The molecule has 1 atom stereocenters. The van der Waals surface area contributed by atoms with Gasteiger partial charge >= 0.3 is 0 Å². The molecule has 0 radical (unpaired) electrons. The van der Waals surface area contributed by atoms with Gasteiger partial charge in [0.2, 0.25) is 5.91 Å². The molecule has 3 heterocycles. The molecule has 0 spiro atoms. The Morgan fingerprint density at radius 1 is 1.08 bits per heavy atom. The number of rotatable bonds is 3. The topological polar surface area (TPSA) is 39.7 Å². The second kappa shape index (κ2) is 6.75. The van der Waals surface area contributed by atoms with Crippen LogP contribution in [0.25, 0.3) is 0 Å². The second-order valence-corrected chi connectivity index (χ2v) is 6.87. The number of aromatic nitrogens is 1. The number of piperazine rings is 1. The number of hydrogen-bond donors (Lipinski definition) is 0. The normalized spacial score (nSPS) is 19.9. The van der Waals surface area contributed by atoms with Crippen LogP contribution in [0.15, 0.2) is 48.7 Å². The Morgan fingerprint density at radius 3 is 2.60 bits per heavy atom. The fraction of sp³-hybridized carbons (Fsp3) is 0.400. The minimum Gasteiger partial charge on any atom is -0.359 e. The van der Waals surface area contributed by atoms with E-state index in [-0.39, 0.29) is 5.91 Å². The Kier molecular flexibility index (Phi) is 4.30. The number of fused-ring (bicyclic) bond motifs is 1. The molecule has 0 saturated carbocycles. The maximum Gasteiger partial charge on any atom is 0.242 e. The van der Waals surface area contributed by atoms with Crippen molar-refractivity contribution >= 4 is 17.4 Å². The summed E-state index contributed by atoms with van der Waals surface area (Å²) in [6.07, 6.45) is 2.84. The molecule has 130 valence electrons. The highest BCUT2D eigenvalue weighted by Crippen LogP contribution is 2.31. The third kappa shape index (κ3) is 3.18. The van der Waals surface area contributed by atoms with E-state index in [1.165, 1.54) is 11.3 Å². The fourth-order valence-corrected chi connectivity index (χ4v) is 3.84. The molecule has 25 heavy (non-hydrogen) atoms. The second-order valence-electron chi connectivity index (χ2n) is 6.87. The summed E-state index contributed by atoms with van der Waals surface area (Å²) >= 11 is 0. The summed E-state index contributed by atoms with van der Waals surface area (Å²) in [5.74, 6) is 1.22. The van der Waals surface area contributed by atoms with E-state index in [2.05, 4.69) is 46.0 Å². The molecule has 1 saturated heterocycles. The highest BCUT2D eigenvalue weighted by molar-refractivity contribution is 5.83. The van der Waals surface area contributed by atoms with Crippen LogP contribution in [0.4, 0.5) is 11.5 Å². The van der Waals surface area contributed by atoms with Crippen molar-refractivity contribution in [3.63, 3.8) is 0 Å². The quantitative estimate of drug-likeness (QED) is 0.861. The smallest absolute Gasteiger partial charge is 0.242 e.